The Morgan fingerprint density at radius 2 is 1.56 bits per heavy atom. The van der Waals surface area contributed by atoms with Crippen LogP contribution in [0.25, 0.3) is 0 Å². The van der Waals surface area contributed by atoms with Gasteiger partial charge in [-0.1, -0.05) is 0 Å². The molecule has 168 valence electrons. The standard InChI is InChI=1S/C22H23N3O6S/c1-13-11-25(12-14(2)31-13)32(29,30)17-7-4-15(5-8-17)20(26)23-16-6-9-18-19(10-16)22(28)24(3)21(18)27/h4-10,13-14H,11-12H2,1-3H3,(H,23,26)/t13-,14-/m0/s1. The van der Waals surface area contributed by atoms with Crippen LogP contribution in [0.2, 0.25) is 0 Å². The van der Waals surface area contributed by atoms with Crippen molar-refractivity contribution in [3.8, 4) is 0 Å². The predicted molar refractivity (Wildman–Crippen MR) is 116 cm³/mol. The Labute approximate surface area is 186 Å². The third kappa shape index (κ3) is 3.92. The van der Waals surface area contributed by atoms with Gasteiger partial charge in [0.2, 0.25) is 10.0 Å². The molecule has 9 nitrogen and oxygen atoms in total. The first kappa shape index (κ1) is 22.1. The maximum atomic E-state index is 12.9. The van der Waals surface area contributed by atoms with Crippen molar-refractivity contribution in [3.63, 3.8) is 0 Å². The number of rotatable bonds is 4. The van der Waals surface area contributed by atoms with E-state index >= 15 is 0 Å². The summed E-state index contributed by atoms with van der Waals surface area (Å²) in [5.74, 6) is -1.28. The van der Waals surface area contributed by atoms with E-state index < -0.39 is 21.8 Å². The number of nitrogens with zero attached hydrogens (tertiary/aromatic N) is 2. The minimum Gasteiger partial charge on any atom is -0.373 e. The van der Waals surface area contributed by atoms with Gasteiger partial charge in [0.1, 0.15) is 0 Å². The lowest BCUT2D eigenvalue weighted by atomic mass is 10.1. The highest BCUT2D eigenvalue weighted by Gasteiger charge is 2.33. The van der Waals surface area contributed by atoms with Crippen molar-refractivity contribution in [2.75, 3.05) is 25.5 Å². The molecular formula is C22H23N3O6S. The molecule has 0 bridgehead atoms. The van der Waals surface area contributed by atoms with E-state index in [0.29, 0.717) is 5.69 Å². The molecule has 0 radical (unpaired) electrons. The first-order valence-corrected chi connectivity index (χ1v) is 11.6. The van der Waals surface area contributed by atoms with Crippen molar-refractivity contribution in [2.24, 2.45) is 0 Å². The molecule has 2 aliphatic heterocycles. The summed E-state index contributed by atoms with van der Waals surface area (Å²) in [5.41, 5.74) is 1.13. The summed E-state index contributed by atoms with van der Waals surface area (Å²) >= 11 is 0. The van der Waals surface area contributed by atoms with E-state index in [1.54, 1.807) is 6.07 Å². The fourth-order valence-electron chi connectivity index (χ4n) is 3.90. The van der Waals surface area contributed by atoms with E-state index in [1.165, 1.54) is 47.8 Å². The quantitative estimate of drug-likeness (QED) is 0.703. The van der Waals surface area contributed by atoms with E-state index in [2.05, 4.69) is 5.32 Å². The first-order valence-electron chi connectivity index (χ1n) is 10.1. The van der Waals surface area contributed by atoms with Gasteiger partial charge in [-0.25, -0.2) is 8.42 Å². The second kappa shape index (κ2) is 8.12. The number of hydrogen-bond donors (Lipinski definition) is 1. The van der Waals surface area contributed by atoms with Crippen LogP contribution in [0.15, 0.2) is 47.4 Å². The molecule has 32 heavy (non-hydrogen) atoms. The van der Waals surface area contributed by atoms with E-state index in [9.17, 15) is 22.8 Å². The molecule has 0 aliphatic carbocycles. The Bertz CT molecular complexity index is 1200. The maximum absolute atomic E-state index is 12.9. The Morgan fingerprint density at radius 3 is 2.19 bits per heavy atom. The average Bonchev–Trinajstić information content (AvgIpc) is 2.97. The van der Waals surface area contributed by atoms with Crippen LogP contribution in [0.5, 0.6) is 0 Å². The number of carbonyl (C=O) groups is 3. The zero-order valence-electron chi connectivity index (χ0n) is 17.9. The average molecular weight is 458 g/mol. The Hall–Kier alpha value is -3.08. The second-order valence-corrected chi connectivity index (χ2v) is 9.93. The van der Waals surface area contributed by atoms with E-state index in [0.717, 1.165) is 4.90 Å². The molecule has 2 aliphatic rings. The summed E-state index contributed by atoms with van der Waals surface area (Å²) in [5, 5.41) is 2.67. The van der Waals surface area contributed by atoms with Gasteiger partial charge in [0, 0.05) is 31.4 Å². The summed E-state index contributed by atoms with van der Waals surface area (Å²) in [4.78, 5) is 37.9. The predicted octanol–water partition coefficient (Wildman–Crippen LogP) is 1.96. The summed E-state index contributed by atoms with van der Waals surface area (Å²) in [6, 6.07) is 10.2. The molecule has 0 unspecified atom stereocenters. The zero-order chi connectivity index (χ0) is 23.2. The number of anilines is 1. The first-order chi connectivity index (χ1) is 15.1. The van der Waals surface area contributed by atoms with Crippen LogP contribution in [0.4, 0.5) is 5.69 Å². The van der Waals surface area contributed by atoms with Crippen LogP contribution in [0.3, 0.4) is 0 Å². The summed E-state index contributed by atoms with van der Waals surface area (Å²) in [6.45, 7) is 4.19. The van der Waals surface area contributed by atoms with Gasteiger partial charge in [0.25, 0.3) is 17.7 Å². The smallest absolute Gasteiger partial charge is 0.261 e. The molecule has 1 fully saturated rings. The molecule has 2 aromatic carbocycles. The van der Waals surface area contributed by atoms with Gasteiger partial charge in [-0.3, -0.25) is 19.3 Å². The Morgan fingerprint density at radius 1 is 0.969 bits per heavy atom. The number of fused-ring (bicyclic) bond motifs is 1. The highest BCUT2D eigenvalue weighted by molar-refractivity contribution is 7.89. The van der Waals surface area contributed by atoms with E-state index in [-0.39, 0.29) is 52.8 Å². The fourth-order valence-corrected chi connectivity index (χ4v) is 5.49. The summed E-state index contributed by atoms with van der Waals surface area (Å²) < 4.78 is 32.9. The SMILES string of the molecule is C[C@H]1CN(S(=O)(=O)c2ccc(C(=O)Nc3ccc4c(c3)C(=O)N(C)C4=O)cc2)C[C@H](C)O1. The molecule has 0 spiro atoms. The third-order valence-electron chi connectivity index (χ3n) is 5.49. The third-order valence-corrected chi connectivity index (χ3v) is 7.33. The highest BCUT2D eigenvalue weighted by Crippen LogP contribution is 2.25. The van der Waals surface area contributed by atoms with Gasteiger partial charge in [0.15, 0.2) is 0 Å². The number of benzene rings is 2. The van der Waals surface area contributed by atoms with Crippen molar-refractivity contribution in [1.29, 1.82) is 0 Å². The fraction of sp³-hybridized carbons (Fsp3) is 0.318. The highest BCUT2D eigenvalue weighted by atomic mass is 32.2. The number of ether oxygens (including phenoxy) is 1. The summed E-state index contributed by atoms with van der Waals surface area (Å²) in [6.07, 6.45) is -0.402. The molecule has 2 heterocycles. The van der Waals surface area contributed by atoms with Gasteiger partial charge in [0.05, 0.1) is 28.2 Å². The molecule has 2 atom stereocenters. The molecule has 1 saturated heterocycles. The normalized spacial score (nSPS) is 21.5. The van der Waals surface area contributed by atoms with Crippen LogP contribution in [-0.4, -0.2) is 67.7 Å². The lowest BCUT2D eigenvalue weighted by Crippen LogP contribution is -2.48. The van der Waals surface area contributed by atoms with Crippen LogP contribution >= 0.6 is 0 Å². The molecule has 0 saturated carbocycles. The maximum Gasteiger partial charge on any atom is 0.261 e. The van der Waals surface area contributed by atoms with Gasteiger partial charge in [-0.05, 0) is 56.3 Å². The number of imide groups is 1. The number of nitrogens with one attached hydrogen (secondary N) is 1. The van der Waals surface area contributed by atoms with Crippen LogP contribution < -0.4 is 5.32 Å². The van der Waals surface area contributed by atoms with Crippen molar-refractivity contribution in [3.05, 3.63) is 59.2 Å². The van der Waals surface area contributed by atoms with Crippen molar-refractivity contribution in [1.82, 2.24) is 9.21 Å². The lowest BCUT2D eigenvalue weighted by molar-refractivity contribution is -0.0440. The van der Waals surface area contributed by atoms with Crippen molar-refractivity contribution >= 4 is 33.4 Å². The largest absolute Gasteiger partial charge is 0.373 e. The molecule has 4 rings (SSSR count). The van der Waals surface area contributed by atoms with Crippen LogP contribution in [0.1, 0.15) is 44.9 Å². The number of sulfonamides is 1. The topological polar surface area (TPSA) is 113 Å². The van der Waals surface area contributed by atoms with Crippen molar-refractivity contribution in [2.45, 2.75) is 31.0 Å². The Balaban J connectivity index is 1.50. The zero-order valence-corrected chi connectivity index (χ0v) is 18.7. The van der Waals surface area contributed by atoms with E-state index in [1.807, 2.05) is 13.8 Å². The number of carbonyl (C=O) groups excluding carboxylic acids is 3. The lowest BCUT2D eigenvalue weighted by Gasteiger charge is -2.34. The van der Waals surface area contributed by atoms with Gasteiger partial charge in [-0.2, -0.15) is 4.31 Å². The molecule has 10 heteroatoms. The molecule has 0 aromatic heterocycles. The molecule has 3 amide bonds. The molecule has 1 N–H and O–H groups in total. The van der Waals surface area contributed by atoms with Gasteiger partial charge < -0.3 is 10.1 Å². The minimum atomic E-state index is -3.71. The monoisotopic (exact) mass is 457 g/mol. The molecular weight excluding hydrogens is 434 g/mol. The van der Waals surface area contributed by atoms with Crippen LogP contribution in [-0.2, 0) is 14.8 Å². The Kier molecular flexibility index (Phi) is 5.61. The van der Waals surface area contributed by atoms with Gasteiger partial charge in [-0.15, -0.1) is 0 Å². The van der Waals surface area contributed by atoms with Crippen LogP contribution in [0, 0.1) is 0 Å². The number of hydrogen-bond acceptors (Lipinski definition) is 6. The summed E-state index contributed by atoms with van der Waals surface area (Å²) in [7, 11) is -2.31. The van der Waals surface area contributed by atoms with E-state index in [4.69, 9.17) is 4.74 Å². The van der Waals surface area contributed by atoms with Gasteiger partial charge >= 0.3 is 0 Å². The second-order valence-electron chi connectivity index (χ2n) is 7.99. The molecule has 2 aromatic rings. The van der Waals surface area contributed by atoms with Crippen molar-refractivity contribution < 1.29 is 27.5 Å². The number of morpholine rings is 1. The number of amides is 3. The minimum absolute atomic E-state index is 0.0972.